The van der Waals surface area contributed by atoms with Crippen LogP contribution in [0.5, 0.6) is 5.75 Å². The van der Waals surface area contributed by atoms with Crippen molar-refractivity contribution < 1.29 is 15.0 Å². The average Bonchev–Trinajstić information content (AvgIpc) is 2.01. The number of carboxylic acid groups (broad SMARTS) is 1. The van der Waals surface area contributed by atoms with Crippen LogP contribution >= 0.6 is 0 Å². The molecule has 5 nitrogen and oxygen atoms in total. The summed E-state index contributed by atoms with van der Waals surface area (Å²) in [5, 5.41) is 17.5. The van der Waals surface area contributed by atoms with Gasteiger partial charge in [0.05, 0.1) is 6.42 Å². The van der Waals surface area contributed by atoms with Crippen molar-refractivity contribution in [3.8, 4) is 5.75 Å². The Balaban J connectivity index is 2.97. The van der Waals surface area contributed by atoms with Gasteiger partial charge in [0.15, 0.2) is 0 Å². The molecule has 1 rings (SSSR count). The van der Waals surface area contributed by atoms with Crippen LogP contribution in [0.25, 0.3) is 0 Å². The predicted octanol–water partition coefficient (Wildman–Crippen LogP) is 0.337. The van der Waals surface area contributed by atoms with E-state index in [0.29, 0.717) is 5.69 Å². The molecule has 0 fully saturated rings. The summed E-state index contributed by atoms with van der Waals surface area (Å²) in [6.45, 7) is 1.77. The van der Waals surface area contributed by atoms with Gasteiger partial charge in [-0.05, 0) is 13.0 Å². The molecular weight excluding hydrogens is 186 g/mol. The van der Waals surface area contributed by atoms with E-state index in [1.165, 1.54) is 10.6 Å². The average molecular weight is 197 g/mol. The number of rotatable bonds is 3. The van der Waals surface area contributed by atoms with Gasteiger partial charge in [0, 0.05) is 18.3 Å². The highest BCUT2D eigenvalue weighted by molar-refractivity contribution is 5.66. The Bertz CT molecular complexity index is 408. The molecule has 14 heavy (non-hydrogen) atoms. The number of aliphatic carboxylic acids is 1. The van der Waals surface area contributed by atoms with Crippen LogP contribution < -0.4 is 5.56 Å². The van der Waals surface area contributed by atoms with Crippen LogP contribution in [0.4, 0.5) is 0 Å². The number of aryl methyl sites for hydroxylation is 1. The van der Waals surface area contributed by atoms with Gasteiger partial charge in [0.25, 0.3) is 5.56 Å². The van der Waals surface area contributed by atoms with Crippen molar-refractivity contribution in [3.63, 3.8) is 0 Å². The molecule has 0 radical (unpaired) electrons. The Kier molecular flexibility index (Phi) is 2.91. The summed E-state index contributed by atoms with van der Waals surface area (Å²) in [6, 6.07) is 2.48. The number of aromatic hydroxyl groups is 1. The second-order valence-corrected chi connectivity index (χ2v) is 2.99. The number of carboxylic acids is 1. The molecule has 0 aliphatic carbocycles. The molecule has 0 amide bonds. The van der Waals surface area contributed by atoms with Gasteiger partial charge >= 0.3 is 5.97 Å². The first-order chi connectivity index (χ1) is 6.50. The second-order valence-electron chi connectivity index (χ2n) is 2.99. The topological polar surface area (TPSA) is 79.5 Å². The third-order valence-corrected chi connectivity index (χ3v) is 1.87. The molecule has 1 aromatic heterocycles. The van der Waals surface area contributed by atoms with E-state index >= 15 is 0 Å². The first kappa shape index (κ1) is 10.3. The molecule has 0 saturated heterocycles. The molecule has 5 heteroatoms. The summed E-state index contributed by atoms with van der Waals surface area (Å²) in [5.74, 6) is -1.05. The normalized spacial score (nSPS) is 10.1. The van der Waals surface area contributed by atoms with E-state index in [1.54, 1.807) is 6.92 Å². The molecule has 0 saturated carbocycles. The maximum absolute atomic E-state index is 11.3. The summed E-state index contributed by atoms with van der Waals surface area (Å²) in [4.78, 5) is 21.6. The molecule has 76 valence electrons. The molecular formula is C9H11NO4. The monoisotopic (exact) mass is 197 g/mol. The second kappa shape index (κ2) is 3.95. The smallest absolute Gasteiger partial charge is 0.305 e. The SMILES string of the molecule is Cc1cc(O)cc(=O)n1CCC(=O)O. The summed E-state index contributed by atoms with van der Waals surface area (Å²) in [5.41, 5.74) is 0.167. The Morgan fingerprint density at radius 3 is 2.64 bits per heavy atom. The van der Waals surface area contributed by atoms with Gasteiger partial charge < -0.3 is 14.8 Å². The maximum Gasteiger partial charge on any atom is 0.305 e. The van der Waals surface area contributed by atoms with Crippen molar-refractivity contribution in [2.45, 2.75) is 19.9 Å². The number of carbonyl (C=O) groups is 1. The minimum atomic E-state index is -0.954. The highest BCUT2D eigenvalue weighted by Crippen LogP contribution is 2.07. The van der Waals surface area contributed by atoms with Crippen molar-refractivity contribution in [1.29, 1.82) is 0 Å². The maximum atomic E-state index is 11.3. The summed E-state index contributed by atoms with van der Waals surface area (Å²) in [6.07, 6.45) is -0.106. The quantitative estimate of drug-likeness (QED) is 0.732. The van der Waals surface area contributed by atoms with Gasteiger partial charge in [-0.25, -0.2) is 0 Å². The largest absolute Gasteiger partial charge is 0.508 e. The fourth-order valence-electron chi connectivity index (χ4n) is 1.21. The highest BCUT2D eigenvalue weighted by Gasteiger charge is 2.04. The molecule has 0 aromatic carbocycles. The molecule has 0 atom stereocenters. The molecule has 1 aromatic rings. The molecule has 0 aliphatic rings. The lowest BCUT2D eigenvalue weighted by Gasteiger charge is -2.07. The van der Waals surface area contributed by atoms with Gasteiger partial charge in [-0.2, -0.15) is 0 Å². The summed E-state index contributed by atoms with van der Waals surface area (Å²) in [7, 11) is 0. The van der Waals surface area contributed by atoms with Crippen LogP contribution in [0.3, 0.4) is 0 Å². The van der Waals surface area contributed by atoms with Gasteiger partial charge in [-0.3, -0.25) is 9.59 Å². The zero-order chi connectivity index (χ0) is 10.7. The van der Waals surface area contributed by atoms with Gasteiger partial charge in [-0.1, -0.05) is 0 Å². The zero-order valence-corrected chi connectivity index (χ0v) is 7.73. The van der Waals surface area contributed by atoms with Gasteiger partial charge in [0.2, 0.25) is 0 Å². The van der Waals surface area contributed by atoms with Crippen LogP contribution in [0.2, 0.25) is 0 Å². The van der Waals surface area contributed by atoms with Crippen LogP contribution in [0.15, 0.2) is 16.9 Å². The van der Waals surface area contributed by atoms with E-state index in [0.717, 1.165) is 6.07 Å². The summed E-state index contributed by atoms with van der Waals surface area (Å²) >= 11 is 0. The molecule has 0 spiro atoms. The van der Waals surface area contributed by atoms with Crippen LogP contribution in [0, 0.1) is 6.92 Å². The van der Waals surface area contributed by atoms with E-state index < -0.39 is 5.97 Å². The lowest BCUT2D eigenvalue weighted by Crippen LogP contribution is -2.22. The van der Waals surface area contributed by atoms with Crippen LogP contribution in [0.1, 0.15) is 12.1 Å². The van der Waals surface area contributed by atoms with E-state index in [2.05, 4.69) is 0 Å². The minimum absolute atomic E-state index is 0.0981. The Morgan fingerprint density at radius 1 is 1.50 bits per heavy atom. The van der Waals surface area contributed by atoms with Crippen molar-refractivity contribution in [1.82, 2.24) is 4.57 Å². The van der Waals surface area contributed by atoms with Crippen LogP contribution in [-0.2, 0) is 11.3 Å². The third-order valence-electron chi connectivity index (χ3n) is 1.87. The van der Waals surface area contributed by atoms with E-state index in [-0.39, 0.29) is 24.3 Å². The molecule has 2 N–H and O–H groups in total. The minimum Gasteiger partial charge on any atom is -0.508 e. The molecule has 0 unspecified atom stereocenters. The zero-order valence-electron chi connectivity index (χ0n) is 7.73. The fourth-order valence-corrected chi connectivity index (χ4v) is 1.21. The van der Waals surface area contributed by atoms with E-state index in [1.807, 2.05) is 0 Å². The number of nitrogens with zero attached hydrogens (tertiary/aromatic N) is 1. The first-order valence-electron chi connectivity index (χ1n) is 4.13. The van der Waals surface area contributed by atoms with Crippen molar-refractivity contribution in [3.05, 3.63) is 28.2 Å². The van der Waals surface area contributed by atoms with Gasteiger partial charge in [-0.15, -0.1) is 0 Å². The predicted molar refractivity (Wildman–Crippen MR) is 49.4 cm³/mol. The number of aromatic nitrogens is 1. The van der Waals surface area contributed by atoms with E-state index in [4.69, 9.17) is 10.2 Å². The van der Waals surface area contributed by atoms with Crippen LogP contribution in [-0.4, -0.2) is 20.7 Å². The number of pyridine rings is 1. The fraction of sp³-hybridized carbons (Fsp3) is 0.333. The van der Waals surface area contributed by atoms with Crippen molar-refractivity contribution in [2.24, 2.45) is 0 Å². The lowest BCUT2D eigenvalue weighted by molar-refractivity contribution is -0.137. The van der Waals surface area contributed by atoms with Crippen molar-refractivity contribution in [2.75, 3.05) is 0 Å². The molecule has 1 heterocycles. The standard InChI is InChI=1S/C9H11NO4/c1-6-4-7(11)5-8(12)10(6)3-2-9(13)14/h4-5,11H,2-3H2,1H3,(H,13,14). The molecule has 0 aliphatic heterocycles. The van der Waals surface area contributed by atoms with E-state index in [9.17, 15) is 9.59 Å². The van der Waals surface area contributed by atoms with Crippen molar-refractivity contribution >= 4 is 5.97 Å². The Morgan fingerprint density at radius 2 is 2.14 bits per heavy atom. The Labute approximate surface area is 80.2 Å². The Hall–Kier alpha value is -1.78. The number of hydrogen-bond acceptors (Lipinski definition) is 3. The lowest BCUT2D eigenvalue weighted by atomic mass is 10.3. The summed E-state index contributed by atoms with van der Waals surface area (Å²) < 4.78 is 1.31. The third kappa shape index (κ3) is 2.35. The highest BCUT2D eigenvalue weighted by atomic mass is 16.4. The number of hydrogen-bond donors (Lipinski definition) is 2. The molecule has 0 bridgehead atoms. The first-order valence-corrected chi connectivity index (χ1v) is 4.13. The van der Waals surface area contributed by atoms with Gasteiger partial charge in [0.1, 0.15) is 5.75 Å².